The van der Waals surface area contributed by atoms with Crippen LogP contribution in [0.25, 0.3) is 0 Å². The summed E-state index contributed by atoms with van der Waals surface area (Å²) in [6, 6.07) is 10.4. The van der Waals surface area contributed by atoms with Gasteiger partial charge in [0.15, 0.2) is 0 Å². The summed E-state index contributed by atoms with van der Waals surface area (Å²) in [7, 11) is 0. The largest absolute Gasteiger partial charge is 0.490 e. The van der Waals surface area contributed by atoms with E-state index in [4.69, 9.17) is 10.00 Å². The molecule has 0 aromatic heterocycles. The third kappa shape index (κ3) is 3.78. The first-order chi connectivity index (χ1) is 8.38. The lowest BCUT2D eigenvalue weighted by molar-refractivity contribution is 0.155. The van der Waals surface area contributed by atoms with E-state index in [1.54, 1.807) is 0 Å². The fraction of sp³-hybridized carbons (Fsp3) is 0.533. The van der Waals surface area contributed by atoms with Gasteiger partial charge in [-0.2, -0.15) is 5.26 Å². The van der Waals surface area contributed by atoms with E-state index in [-0.39, 0.29) is 0 Å². The van der Waals surface area contributed by atoms with E-state index in [0.29, 0.717) is 12.5 Å². The summed E-state index contributed by atoms with van der Waals surface area (Å²) in [5.41, 5.74) is 1.21. The van der Waals surface area contributed by atoms with E-state index in [1.165, 1.54) is 37.7 Å². The third-order valence-corrected chi connectivity index (χ3v) is 3.30. The molecule has 2 nitrogen and oxygen atoms in total. The number of rotatable bonds is 4. The SMILES string of the molecule is N#CCCc1ccc(OC2CCCCC2)cc1. The van der Waals surface area contributed by atoms with Gasteiger partial charge in [0.2, 0.25) is 0 Å². The van der Waals surface area contributed by atoms with E-state index in [2.05, 4.69) is 18.2 Å². The van der Waals surface area contributed by atoms with Crippen LogP contribution in [0.1, 0.15) is 44.1 Å². The molecule has 0 amide bonds. The first-order valence-corrected chi connectivity index (χ1v) is 6.51. The number of ether oxygens (including phenoxy) is 1. The zero-order chi connectivity index (χ0) is 11.9. The molecule has 1 aromatic rings. The van der Waals surface area contributed by atoms with Crippen LogP contribution in [0.4, 0.5) is 0 Å². The van der Waals surface area contributed by atoms with Gasteiger partial charge >= 0.3 is 0 Å². The van der Waals surface area contributed by atoms with Crippen LogP contribution in [0.2, 0.25) is 0 Å². The molecular weight excluding hydrogens is 210 g/mol. The van der Waals surface area contributed by atoms with Gasteiger partial charge in [0, 0.05) is 6.42 Å². The number of aryl methyl sites for hydroxylation is 1. The Morgan fingerprint density at radius 2 is 1.82 bits per heavy atom. The maximum atomic E-state index is 8.52. The minimum absolute atomic E-state index is 0.411. The fourth-order valence-corrected chi connectivity index (χ4v) is 2.31. The Balaban J connectivity index is 1.86. The molecule has 1 fully saturated rings. The summed E-state index contributed by atoms with van der Waals surface area (Å²) in [5.74, 6) is 0.970. The number of hydrogen-bond donors (Lipinski definition) is 0. The van der Waals surface area contributed by atoms with Crippen LogP contribution in [-0.4, -0.2) is 6.10 Å². The third-order valence-electron chi connectivity index (χ3n) is 3.30. The van der Waals surface area contributed by atoms with Gasteiger partial charge in [-0.05, 0) is 49.8 Å². The Morgan fingerprint density at radius 1 is 1.12 bits per heavy atom. The van der Waals surface area contributed by atoms with Crippen molar-refractivity contribution in [3.05, 3.63) is 29.8 Å². The van der Waals surface area contributed by atoms with Crippen LogP contribution in [0.5, 0.6) is 5.75 Å². The molecule has 0 aliphatic heterocycles. The predicted octanol–water partition coefficient (Wildman–Crippen LogP) is 3.85. The van der Waals surface area contributed by atoms with Gasteiger partial charge in [-0.15, -0.1) is 0 Å². The highest BCUT2D eigenvalue weighted by atomic mass is 16.5. The van der Waals surface area contributed by atoms with Crippen LogP contribution >= 0.6 is 0 Å². The minimum atomic E-state index is 0.411. The summed E-state index contributed by atoms with van der Waals surface area (Å²) >= 11 is 0. The lowest BCUT2D eigenvalue weighted by Gasteiger charge is -2.23. The van der Waals surface area contributed by atoms with E-state index in [1.807, 2.05) is 12.1 Å². The van der Waals surface area contributed by atoms with Gasteiger partial charge in [-0.3, -0.25) is 0 Å². The summed E-state index contributed by atoms with van der Waals surface area (Å²) in [5, 5.41) is 8.52. The summed E-state index contributed by atoms with van der Waals surface area (Å²) in [4.78, 5) is 0. The smallest absolute Gasteiger partial charge is 0.119 e. The summed E-state index contributed by atoms with van der Waals surface area (Å²) in [6.45, 7) is 0. The van der Waals surface area contributed by atoms with Crippen LogP contribution in [-0.2, 0) is 6.42 Å². The van der Waals surface area contributed by atoms with Crippen molar-refractivity contribution in [2.24, 2.45) is 0 Å². The van der Waals surface area contributed by atoms with Gasteiger partial charge in [0.1, 0.15) is 5.75 Å². The molecule has 0 atom stereocenters. The normalized spacial score (nSPS) is 16.4. The highest BCUT2D eigenvalue weighted by Gasteiger charge is 2.14. The quantitative estimate of drug-likeness (QED) is 0.785. The van der Waals surface area contributed by atoms with Gasteiger partial charge in [0.25, 0.3) is 0 Å². The summed E-state index contributed by atoms with van der Waals surface area (Å²) < 4.78 is 5.95. The minimum Gasteiger partial charge on any atom is -0.490 e. The molecule has 1 aromatic carbocycles. The first-order valence-electron chi connectivity index (χ1n) is 6.51. The van der Waals surface area contributed by atoms with Crippen LogP contribution in [0, 0.1) is 11.3 Å². The predicted molar refractivity (Wildman–Crippen MR) is 67.9 cm³/mol. The molecule has 2 rings (SSSR count). The Kier molecular flexibility index (Phi) is 4.44. The van der Waals surface area contributed by atoms with Crippen molar-refractivity contribution < 1.29 is 4.74 Å². The number of benzene rings is 1. The number of nitrogens with zero attached hydrogens (tertiary/aromatic N) is 1. The van der Waals surface area contributed by atoms with Gasteiger partial charge in [-0.1, -0.05) is 18.6 Å². The molecule has 0 spiro atoms. The average molecular weight is 229 g/mol. The summed E-state index contributed by atoms with van der Waals surface area (Å²) in [6.07, 6.45) is 8.16. The molecule has 2 heteroatoms. The average Bonchev–Trinajstić information content (AvgIpc) is 2.39. The maximum absolute atomic E-state index is 8.52. The van der Waals surface area contributed by atoms with Gasteiger partial charge in [0.05, 0.1) is 12.2 Å². The zero-order valence-electron chi connectivity index (χ0n) is 10.2. The Labute approximate surface area is 103 Å². The molecule has 1 saturated carbocycles. The molecule has 0 N–H and O–H groups in total. The fourth-order valence-electron chi connectivity index (χ4n) is 2.31. The van der Waals surface area contributed by atoms with Crippen LogP contribution in [0.15, 0.2) is 24.3 Å². The van der Waals surface area contributed by atoms with E-state index in [0.717, 1.165) is 12.2 Å². The first kappa shape index (κ1) is 12.0. The molecule has 0 unspecified atom stereocenters. The second-order valence-corrected chi connectivity index (χ2v) is 4.68. The second-order valence-electron chi connectivity index (χ2n) is 4.68. The van der Waals surface area contributed by atoms with Crippen molar-refractivity contribution in [3.63, 3.8) is 0 Å². The molecule has 0 saturated heterocycles. The van der Waals surface area contributed by atoms with Crippen molar-refractivity contribution in [2.45, 2.75) is 51.0 Å². The van der Waals surface area contributed by atoms with Gasteiger partial charge < -0.3 is 4.74 Å². The Bertz CT molecular complexity index is 371. The van der Waals surface area contributed by atoms with Gasteiger partial charge in [-0.25, -0.2) is 0 Å². The molecule has 1 aliphatic rings. The maximum Gasteiger partial charge on any atom is 0.119 e. The van der Waals surface area contributed by atoms with Crippen molar-refractivity contribution in [1.82, 2.24) is 0 Å². The number of hydrogen-bond acceptors (Lipinski definition) is 2. The van der Waals surface area contributed by atoms with Crippen molar-refractivity contribution in [3.8, 4) is 11.8 Å². The Hall–Kier alpha value is -1.49. The van der Waals surface area contributed by atoms with Crippen molar-refractivity contribution in [1.29, 1.82) is 5.26 Å². The molecule has 1 aliphatic carbocycles. The standard InChI is InChI=1S/C15H19NO/c16-12-4-5-13-8-10-15(11-9-13)17-14-6-2-1-3-7-14/h8-11,14H,1-7H2. The lowest BCUT2D eigenvalue weighted by atomic mass is 9.98. The molecule has 0 bridgehead atoms. The van der Waals surface area contributed by atoms with Crippen molar-refractivity contribution in [2.75, 3.05) is 0 Å². The molecule has 17 heavy (non-hydrogen) atoms. The highest BCUT2D eigenvalue weighted by Crippen LogP contribution is 2.23. The molecule has 0 radical (unpaired) electrons. The van der Waals surface area contributed by atoms with Crippen molar-refractivity contribution >= 4 is 0 Å². The molecular formula is C15H19NO. The zero-order valence-corrected chi connectivity index (χ0v) is 10.2. The Morgan fingerprint density at radius 3 is 2.47 bits per heavy atom. The number of nitriles is 1. The lowest BCUT2D eigenvalue weighted by Crippen LogP contribution is -2.19. The molecule has 90 valence electrons. The highest BCUT2D eigenvalue weighted by molar-refractivity contribution is 5.27. The molecule has 0 heterocycles. The second kappa shape index (κ2) is 6.30. The van der Waals surface area contributed by atoms with E-state index < -0.39 is 0 Å². The topological polar surface area (TPSA) is 33.0 Å². The van der Waals surface area contributed by atoms with E-state index >= 15 is 0 Å². The monoisotopic (exact) mass is 229 g/mol. The van der Waals surface area contributed by atoms with Crippen LogP contribution < -0.4 is 4.74 Å². The van der Waals surface area contributed by atoms with Crippen LogP contribution in [0.3, 0.4) is 0 Å². The van der Waals surface area contributed by atoms with E-state index in [9.17, 15) is 0 Å².